The minimum Gasteiger partial charge on any atom is -0.493 e. The first-order chi connectivity index (χ1) is 17.4. The molecule has 5 rings (SSSR count). The quantitative estimate of drug-likeness (QED) is 0.212. The fourth-order valence-corrected chi connectivity index (χ4v) is 4.09. The lowest BCUT2D eigenvalue weighted by molar-refractivity contribution is 0.309. The van der Waals surface area contributed by atoms with Gasteiger partial charge in [0, 0.05) is 23.6 Å². The van der Waals surface area contributed by atoms with Crippen LogP contribution in [0.5, 0.6) is 23.0 Å². The van der Waals surface area contributed by atoms with E-state index in [0.717, 1.165) is 40.9 Å². The van der Waals surface area contributed by atoms with Crippen LogP contribution in [0.4, 0.5) is 0 Å². The first kappa shape index (κ1) is 22.5. The van der Waals surface area contributed by atoms with Crippen molar-refractivity contribution in [3.05, 3.63) is 132 Å². The fraction of sp³-hybridized carbons (Fsp3) is 0.125. The lowest BCUT2D eigenvalue weighted by Gasteiger charge is -2.17. The summed E-state index contributed by atoms with van der Waals surface area (Å²) in [6.45, 7) is 1.16. The Morgan fingerprint density at radius 1 is 0.429 bits per heavy atom. The van der Waals surface area contributed by atoms with E-state index < -0.39 is 0 Å². The molecule has 0 aliphatic heterocycles. The van der Waals surface area contributed by atoms with E-state index in [2.05, 4.69) is 60.7 Å². The Bertz CT molecular complexity index is 1350. The lowest BCUT2D eigenvalue weighted by atomic mass is 10.1. The van der Waals surface area contributed by atoms with Crippen LogP contribution in [-0.2, 0) is 12.8 Å². The summed E-state index contributed by atoms with van der Waals surface area (Å²) in [6.07, 6.45) is 1.67. The number of hydrogen-bond acceptors (Lipinski definition) is 3. The molecule has 0 saturated carbocycles. The zero-order valence-corrected chi connectivity index (χ0v) is 19.6. The maximum Gasteiger partial charge on any atom is 0.169 e. The molecule has 3 nitrogen and oxygen atoms in total. The Labute approximate surface area is 206 Å². The number of rotatable bonds is 10. The third-order valence-electron chi connectivity index (χ3n) is 5.88. The van der Waals surface area contributed by atoms with Crippen molar-refractivity contribution in [1.82, 2.24) is 0 Å². The Morgan fingerprint density at radius 3 is 1.69 bits per heavy atom. The molecule has 0 saturated heterocycles. The van der Waals surface area contributed by atoms with Gasteiger partial charge in [-0.2, -0.15) is 0 Å². The van der Waals surface area contributed by atoms with E-state index in [1.165, 1.54) is 11.1 Å². The van der Waals surface area contributed by atoms with Crippen molar-refractivity contribution in [3.8, 4) is 23.0 Å². The average Bonchev–Trinajstić information content (AvgIpc) is 2.91. The number of para-hydroxylation sites is 1. The number of ether oxygens (including phenoxy) is 3. The Kier molecular flexibility index (Phi) is 7.25. The van der Waals surface area contributed by atoms with Gasteiger partial charge in [-0.15, -0.1) is 0 Å². The van der Waals surface area contributed by atoms with Gasteiger partial charge in [-0.05, 0) is 41.5 Å². The molecule has 0 heterocycles. The summed E-state index contributed by atoms with van der Waals surface area (Å²) in [5.41, 5.74) is 2.50. The summed E-state index contributed by atoms with van der Waals surface area (Å²) in [5.74, 6) is 3.04. The van der Waals surface area contributed by atoms with Crippen LogP contribution in [-0.4, -0.2) is 13.2 Å². The van der Waals surface area contributed by atoms with Gasteiger partial charge in [0.05, 0.1) is 13.2 Å². The molecule has 0 radical (unpaired) electrons. The van der Waals surface area contributed by atoms with E-state index in [0.29, 0.717) is 19.0 Å². The van der Waals surface area contributed by atoms with E-state index in [9.17, 15) is 0 Å². The predicted octanol–water partition coefficient (Wildman–Crippen LogP) is 7.88. The highest BCUT2D eigenvalue weighted by atomic mass is 16.5. The predicted molar refractivity (Wildman–Crippen MR) is 142 cm³/mol. The molecule has 35 heavy (non-hydrogen) atoms. The van der Waals surface area contributed by atoms with Crippen molar-refractivity contribution in [2.24, 2.45) is 0 Å². The first-order valence-electron chi connectivity index (χ1n) is 12.0. The largest absolute Gasteiger partial charge is 0.493 e. The van der Waals surface area contributed by atoms with Crippen LogP contribution < -0.4 is 14.2 Å². The van der Waals surface area contributed by atoms with Crippen LogP contribution in [0, 0.1) is 0 Å². The molecule has 174 valence electrons. The van der Waals surface area contributed by atoms with Crippen molar-refractivity contribution in [1.29, 1.82) is 0 Å². The standard InChI is InChI=1S/C32H28O3/c1-4-11-25(12-5-1)21-23-33-30-18-10-17-29-28(30)19-20-31(35-27-15-8-3-9-16-27)32(29)34-24-22-26-13-6-2-7-14-26/h1-20H,21-24H2. The molecular weight excluding hydrogens is 432 g/mol. The Hall–Kier alpha value is -4.24. The van der Waals surface area contributed by atoms with E-state index in [4.69, 9.17) is 14.2 Å². The summed E-state index contributed by atoms with van der Waals surface area (Å²) >= 11 is 0. The van der Waals surface area contributed by atoms with Crippen LogP contribution in [0.1, 0.15) is 11.1 Å². The van der Waals surface area contributed by atoms with Crippen molar-refractivity contribution in [2.45, 2.75) is 12.8 Å². The molecule has 0 amide bonds. The second-order valence-electron chi connectivity index (χ2n) is 8.33. The highest BCUT2D eigenvalue weighted by molar-refractivity contribution is 5.95. The van der Waals surface area contributed by atoms with Gasteiger partial charge in [-0.3, -0.25) is 0 Å². The summed E-state index contributed by atoms with van der Waals surface area (Å²) in [5, 5.41) is 1.99. The summed E-state index contributed by atoms with van der Waals surface area (Å²) in [6, 6.07) is 40.7. The lowest BCUT2D eigenvalue weighted by Crippen LogP contribution is -2.04. The van der Waals surface area contributed by atoms with Gasteiger partial charge in [0.1, 0.15) is 11.5 Å². The second-order valence-corrected chi connectivity index (χ2v) is 8.33. The van der Waals surface area contributed by atoms with E-state index in [-0.39, 0.29) is 0 Å². The van der Waals surface area contributed by atoms with Crippen molar-refractivity contribution < 1.29 is 14.2 Å². The molecule has 0 N–H and O–H groups in total. The smallest absolute Gasteiger partial charge is 0.169 e. The molecule has 3 heteroatoms. The molecule has 0 aromatic heterocycles. The molecule has 0 aliphatic carbocycles. The summed E-state index contributed by atoms with van der Waals surface area (Å²) in [7, 11) is 0. The normalized spacial score (nSPS) is 10.7. The number of benzene rings is 5. The minimum atomic E-state index is 0.549. The highest BCUT2D eigenvalue weighted by Gasteiger charge is 2.14. The van der Waals surface area contributed by atoms with Crippen LogP contribution in [0.25, 0.3) is 10.8 Å². The topological polar surface area (TPSA) is 27.7 Å². The Balaban J connectivity index is 1.41. The molecule has 0 spiro atoms. The Morgan fingerprint density at radius 2 is 1.03 bits per heavy atom. The molecule has 0 unspecified atom stereocenters. The van der Waals surface area contributed by atoms with Crippen LogP contribution in [0.3, 0.4) is 0 Å². The summed E-state index contributed by atoms with van der Waals surface area (Å²) < 4.78 is 18.8. The maximum atomic E-state index is 6.37. The van der Waals surface area contributed by atoms with E-state index in [1.807, 2.05) is 60.7 Å². The maximum absolute atomic E-state index is 6.37. The molecule has 0 atom stereocenters. The van der Waals surface area contributed by atoms with Crippen LogP contribution in [0.15, 0.2) is 121 Å². The highest BCUT2D eigenvalue weighted by Crippen LogP contribution is 2.41. The third kappa shape index (κ3) is 5.82. The average molecular weight is 461 g/mol. The van der Waals surface area contributed by atoms with Crippen molar-refractivity contribution in [3.63, 3.8) is 0 Å². The van der Waals surface area contributed by atoms with Gasteiger partial charge < -0.3 is 14.2 Å². The van der Waals surface area contributed by atoms with Gasteiger partial charge in [0.15, 0.2) is 11.5 Å². The van der Waals surface area contributed by atoms with Gasteiger partial charge >= 0.3 is 0 Å². The van der Waals surface area contributed by atoms with Crippen LogP contribution >= 0.6 is 0 Å². The van der Waals surface area contributed by atoms with E-state index >= 15 is 0 Å². The monoisotopic (exact) mass is 460 g/mol. The molecule has 0 aliphatic rings. The van der Waals surface area contributed by atoms with Gasteiger partial charge in [-0.25, -0.2) is 0 Å². The van der Waals surface area contributed by atoms with Gasteiger partial charge in [-0.1, -0.05) is 91.0 Å². The van der Waals surface area contributed by atoms with E-state index in [1.54, 1.807) is 0 Å². The van der Waals surface area contributed by atoms with Gasteiger partial charge in [0.25, 0.3) is 0 Å². The van der Waals surface area contributed by atoms with Gasteiger partial charge in [0.2, 0.25) is 0 Å². The molecular formula is C32H28O3. The zero-order chi connectivity index (χ0) is 23.7. The van der Waals surface area contributed by atoms with Crippen molar-refractivity contribution >= 4 is 10.8 Å². The number of hydrogen-bond donors (Lipinski definition) is 0. The SMILES string of the molecule is c1ccc(CCOc2cccc3c(OCCc4ccccc4)c(Oc4ccccc4)ccc23)cc1. The fourth-order valence-electron chi connectivity index (χ4n) is 4.09. The molecule has 0 fully saturated rings. The molecule has 5 aromatic rings. The summed E-state index contributed by atoms with van der Waals surface area (Å²) in [4.78, 5) is 0. The number of fused-ring (bicyclic) bond motifs is 1. The molecule has 5 aromatic carbocycles. The zero-order valence-electron chi connectivity index (χ0n) is 19.6. The molecule has 0 bridgehead atoms. The van der Waals surface area contributed by atoms with Crippen molar-refractivity contribution in [2.75, 3.05) is 13.2 Å². The minimum absolute atomic E-state index is 0.549. The van der Waals surface area contributed by atoms with Crippen LogP contribution in [0.2, 0.25) is 0 Å². The first-order valence-corrected chi connectivity index (χ1v) is 12.0. The third-order valence-corrected chi connectivity index (χ3v) is 5.88. The second kappa shape index (κ2) is 11.3.